The Hall–Kier alpha value is -7.22. The summed E-state index contributed by atoms with van der Waals surface area (Å²) >= 11 is 0. The summed E-state index contributed by atoms with van der Waals surface area (Å²) in [5.74, 6) is 0. The Bertz CT molecular complexity index is 2890. The summed E-state index contributed by atoms with van der Waals surface area (Å²) in [7, 11) is 0. The van der Waals surface area contributed by atoms with Gasteiger partial charge in [-0.25, -0.2) is 0 Å². The molecule has 1 atom stereocenters. The Morgan fingerprint density at radius 2 is 0.724 bits per heavy atom. The van der Waals surface area contributed by atoms with E-state index in [0.717, 1.165) is 17.1 Å². The van der Waals surface area contributed by atoms with Crippen LogP contribution in [0.1, 0.15) is 45.9 Å². The summed E-state index contributed by atoms with van der Waals surface area (Å²) in [4.78, 5) is 2.40. The summed E-state index contributed by atoms with van der Waals surface area (Å²) < 4.78 is 0. The average Bonchev–Trinajstić information content (AvgIpc) is 3.75. The van der Waals surface area contributed by atoms with Crippen molar-refractivity contribution in [3.8, 4) is 33.4 Å². The summed E-state index contributed by atoms with van der Waals surface area (Å²) in [5.41, 5.74) is 19.4. The van der Waals surface area contributed by atoms with Crippen molar-refractivity contribution in [3.63, 3.8) is 0 Å². The van der Waals surface area contributed by atoms with E-state index >= 15 is 0 Å². The summed E-state index contributed by atoms with van der Waals surface area (Å²) in [6.45, 7) is 2.39. The Labute approximate surface area is 341 Å². The topological polar surface area (TPSA) is 3.24 Å². The van der Waals surface area contributed by atoms with Gasteiger partial charge in [0.05, 0.1) is 5.41 Å². The molecule has 0 N–H and O–H groups in total. The van der Waals surface area contributed by atoms with Crippen molar-refractivity contribution in [2.45, 2.75) is 17.8 Å². The number of hydrogen-bond acceptors (Lipinski definition) is 1. The lowest BCUT2D eigenvalue weighted by molar-refractivity contribution is 0.714. The molecule has 2 aliphatic carbocycles. The van der Waals surface area contributed by atoms with Crippen LogP contribution in [-0.4, -0.2) is 0 Å². The lowest BCUT2D eigenvalue weighted by Crippen LogP contribution is -2.28. The summed E-state index contributed by atoms with van der Waals surface area (Å²) in [6.07, 6.45) is 0. The van der Waals surface area contributed by atoms with Crippen LogP contribution in [0, 0.1) is 0 Å². The summed E-state index contributed by atoms with van der Waals surface area (Å²) in [6, 6.07) is 84.9. The zero-order valence-electron chi connectivity index (χ0n) is 32.4. The molecule has 0 bridgehead atoms. The molecular weight excluding hydrogens is 699 g/mol. The van der Waals surface area contributed by atoms with Crippen molar-refractivity contribution in [2.75, 3.05) is 4.90 Å². The lowest BCUT2D eigenvalue weighted by atomic mass is 9.67. The van der Waals surface area contributed by atoms with E-state index in [0.29, 0.717) is 0 Å². The molecule has 0 saturated carbocycles. The van der Waals surface area contributed by atoms with Gasteiger partial charge < -0.3 is 4.90 Å². The van der Waals surface area contributed by atoms with Crippen molar-refractivity contribution in [3.05, 3.63) is 269 Å². The molecule has 0 radical (unpaired) electrons. The van der Waals surface area contributed by atoms with Crippen molar-refractivity contribution in [1.29, 1.82) is 0 Å². The molecule has 1 heteroatoms. The number of hydrogen-bond donors (Lipinski definition) is 0. The van der Waals surface area contributed by atoms with E-state index < -0.39 is 5.41 Å². The average molecular weight is 740 g/mol. The number of anilines is 3. The fraction of sp³-hybridized carbons (Fsp3) is 0.0526. The molecule has 11 rings (SSSR count). The van der Waals surface area contributed by atoms with Gasteiger partial charge in [0.2, 0.25) is 0 Å². The monoisotopic (exact) mass is 739 g/mol. The third kappa shape index (κ3) is 5.03. The van der Waals surface area contributed by atoms with Crippen LogP contribution in [0.25, 0.3) is 33.4 Å². The van der Waals surface area contributed by atoms with Crippen molar-refractivity contribution in [2.24, 2.45) is 0 Å². The van der Waals surface area contributed by atoms with E-state index in [2.05, 4.69) is 242 Å². The first kappa shape index (κ1) is 34.1. The normalized spacial score (nSPS) is 15.5. The predicted molar refractivity (Wildman–Crippen MR) is 241 cm³/mol. The van der Waals surface area contributed by atoms with Gasteiger partial charge in [0, 0.05) is 22.5 Å². The molecule has 9 aromatic carbocycles. The fourth-order valence-electron chi connectivity index (χ4n) is 10.2. The second-order valence-electron chi connectivity index (χ2n) is 15.8. The molecule has 0 spiro atoms. The zero-order chi connectivity index (χ0) is 38.7. The van der Waals surface area contributed by atoms with E-state index in [9.17, 15) is 0 Å². The van der Waals surface area contributed by atoms with Crippen molar-refractivity contribution in [1.82, 2.24) is 0 Å². The molecule has 0 aromatic heterocycles. The highest BCUT2D eigenvalue weighted by atomic mass is 15.1. The molecule has 274 valence electrons. The van der Waals surface area contributed by atoms with Crippen LogP contribution < -0.4 is 4.90 Å². The van der Waals surface area contributed by atoms with Gasteiger partial charge in [0.15, 0.2) is 0 Å². The van der Waals surface area contributed by atoms with Crippen LogP contribution in [0.15, 0.2) is 231 Å². The fourth-order valence-corrected chi connectivity index (χ4v) is 10.2. The quantitative estimate of drug-likeness (QED) is 0.157. The van der Waals surface area contributed by atoms with Gasteiger partial charge in [-0.3, -0.25) is 0 Å². The highest BCUT2D eigenvalue weighted by Gasteiger charge is 2.46. The van der Waals surface area contributed by atoms with E-state index in [1.165, 1.54) is 72.3 Å². The highest BCUT2D eigenvalue weighted by Crippen LogP contribution is 2.57. The number of para-hydroxylation sites is 1. The van der Waals surface area contributed by atoms with Crippen LogP contribution in [-0.2, 0) is 10.8 Å². The van der Waals surface area contributed by atoms with Crippen molar-refractivity contribution >= 4 is 17.1 Å². The van der Waals surface area contributed by atoms with Crippen LogP contribution in [0.3, 0.4) is 0 Å². The number of rotatable bonds is 7. The van der Waals surface area contributed by atoms with Gasteiger partial charge in [-0.2, -0.15) is 0 Å². The molecule has 0 heterocycles. The number of benzene rings is 9. The van der Waals surface area contributed by atoms with Gasteiger partial charge >= 0.3 is 0 Å². The van der Waals surface area contributed by atoms with Gasteiger partial charge in [-0.15, -0.1) is 0 Å². The van der Waals surface area contributed by atoms with Gasteiger partial charge in [-0.1, -0.05) is 188 Å². The first-order chi connectivity index (χ1) is 28.7. The molecule has 0 aliphatic heterocycles. The molecular formula is C57H41N. The summed E-state index contributed by atoms with van der Waals surface area (Å²) in [5, 5.41) is 0. The maximum absolute atomic E-state index is 2.45. The molecule has 58 heavy (non-hydrogen) atoms. The molecule has 1 unspecified atom stereocenters. The van der Waals surface area contributed by atoms with Crippen molar-refractivity contribution < 1.29 is 0 Å². The van der Waals surface area contributed by atoms with Crippen LogP contribution >= 0.6 is 0 Å². The van der Waals surface area contributed by atoms with Crippen LogP contribution in [0.4, 0.5) is 17.1 Å². The van der Waals surface area contributed by atoms with Crippen LogP contribution in [0.5, 0.6) is 0 Å². The molecule has 1 nitrogen and oxygen atoms in total. The minimum absolute atomic E-state index is 0.280. The number of nitrogens with zero attached hydrogens (tertiary/aromatic N) is 1. The zero-order valence-corrected chi connectivity index (χ0v) is 32.4. The largest absolute Gasteiger partial charge is 0.310 e. The Morgan fingerprint density at radius 1 is 0.293 bits per heavy atom. The Morgan fingerprint density at radius 3 is 1.36 bits per heavy atom. The Balaban J connectivity index is 1.04. The highest BCUT2D eigenvalue weighted by molar-refractivity contribution is 5.90. The molecule has 9 aromatic rings. The van der Waals surface area contributed by atoms with E-state index in [-0.39, 0.29) is 5.41 Å². The number of fused-ring (bicyclic) bond motifs is 6. The standard InChI is InChI=1S/C57H41N/c1-56(42-18-6-2-7-19-42)52-28-16-14-26-48(52)50-37-35-47(39-54(50)56)58(45-24-12-5-13-25-45)46-33-30-40(31-34-46)41-32-36-51-49-27-15-17-29-53(49)57(55(51)38-41,43-20-8-3-9-21-43)44-22-10-4-11-23-44/h2-39H,1H3. The molecule has 0 amide bonds. The predicted octanol–water partition coefficient (Wildman–Crippen LogP) is 14.5. The van der Waals surface area contributed by atoms with Crippen LogP contribution in [0.2, 0.25) is 0 Å². The maximum atomic E-state index is 2.45. The second kappa shape index (κ2) is 13.5. The molecule has 0 saturated heterocycles. The molecule has 0 fully saturated rings. The van der Waals surface area contributed by atoms with Gasteiger partial charge in [0.25, 0.3) is 0 Å². The first-order valence-corrected chi connectivity index (χ1v) is 20.3. The van der Waals surface area contributed by atoms with Gasteiger partial charge in [-0.05, 0) is 122 Å². The Kier molecular flexibility index (Phi) is 7.91. The van der Waals surface area contributed by atoms with Gasteiger partial charge in [0.1, 0.15) is 0 Å². The van der Waals surface area contributed by atoms with E-state index in [1.54, 1.807) is 0 Å². The smallest absolute Gasteiger partial charge is 0.0713 e. The first-order valence-electron chi connectivity index (χ1n) is 20.3. The maximum Gasteiger partial charge on any atom is 0.0713 e. The lowest BCUT2D eigenvalue weighted by Gasteiger charge is -2.34. The van der Waals surface area contributed by atoms with E-state index in [1.807, 2.05) is 0 Å². The van der Waals surface area contributed by atoms with E-state index in [4.69, 9.17) is 0 Å². The minimum Gasteiger partial charge on any atom is -0.310 e. The third-order valence-corrected chi connectivity index (χ3v) is 12.8. The SMILES string of the molecule is CC1(c2ccccc2)c2ccccc2-c2ccc(N(c3ccccc3)c3ccc(-c4ccc5c(c4)C(c4ccccc4)(c4ccccc4)c4ccccc4-5)cc3)cc21. The third-order valence-electron chi connectivity index (χ3n) is 12.8. The minimum atomic E-state index is -0.435. The second-order valence-corrected chi connectivity index (χ2v) is 15.8. The molecule has 2 aliphatic rings.